The Balaban J connectivity index is 1.91. The molecule has 0 bridgehead atoms. The molecule has 1 aliphatic heterocycles. The highest BCUT2D eigenvalue weighted by molar-refractivity contribution is 6.30. The lowest BCUT2D eigenvalue weighted by atomic mass is 10.1. The summed E-state index contributed by atoms with van der Waals surface area (Å²) in [6.07, 6.45) is 5.32. The van der Waals surface area contributed by atoms with E-state index in [1.54, 1.807) is 0 Å². The predicted octanol–water partition coefficient (Wildman–Crippen LogP) is 2.80. The Morgan fingerprint density at radius 1 is 1.53 bits per heavy atom. The van der Waals surface area contributed by atoms with Crippen LogP contribution in [0.1, 0.15) is 25.0 Å². The van der Waals surface area contributed by atoms with E-state index in [0.29, 0.717) is 5.92 Å². The molecule has 3 heterocycles. The van der Waals surface area contributed by atoms with Gasteiger partial charge >= 0.3 is 0 Å². The van der Waals surface area contributed by atoms with Crippen LogP contribution in [0.3, 0.4) is 0 Å². The van der Waals surface area contributed by atoms with Gasteiger partial charge in [-0.05, 0) is 31.6 Å². The number of likely N-dealkylation sites (N-methyl/N-ethyl adjacent to an activating group) is 1. The average Bonchev–Trinajstić information content (AvgIpc) is 2.93. The molecule has 0 saturated carbocycles. The molecular formula is C13H16ClN3. The van der Waals surface area contributed by atoms with Gasteiger partial charge in [-0.3, -0.25) is 0 Å². The molecule has 1 fully saturated rings. The fourth-order valence-electron chi connectivity index (χ4n) is 2.53. The van der Waals surface area contributed by atoms with Crippen LogP contribution in [0.15, 0.2) is 24.5 Å². The second kappa shape index (κ2) is 4.31. The zero-order valence-electron chi connectivity index (χ0n) is 9.93. The highest BCUT2D eigenvalue weighted by Gasteiger charge is 2.24. The van der Waals surface area contributed by atoms with Crippen molar-refractivity contribution < 1.29 is 0 Å². The first-order valence-electron chi connectivity index (χ1n) is 6.13. The minimum absolute atomic E-state index is 0.577. The van der Waals surface area contributed by atoms with E-state index in [1.807, 2.05) is 18.3 Å². The summed E-state index contributed by atoms with van der Waals surface area (Å²) in [5, 5.41) is 0.747. The van der Waals surface area contributed by atoms with Crippen LogP contribution in [0, 0.1) is 0 Å². The number of aromatic nitrogens is 2. The number of fused-ring (bicyclic) bond motifs is 1. The van der Waals surface area contributed by atoms with Gasteiger partial charge in [-0.15, -0.1) is 0 Å². The van der Waals surface area contributed by atoms with Gasteiger partial charge in [0.1, 0.15) is 5.65 Å². The van der Waals surface area contributed by atoms with Crippen molar-refractivity contribution in [2.45, 2.75) is 19.3 Å². The fraction of sp³-hybridized carbons (Fsp3) is 0.462. The third-order valence-corrected chi connectivity index (χ3v) is 3.81. The van der Waals surface area contributed by atoms with E-state index in [0.717, 1.165) is 23.8 Å². The molecule has 0 spiro atoms. The maximum absolute atomic E-state index is 5.97. The van der Waals surface area contributed by atoms with E-state index in [-0.39, 0.29) is 0 Å². The van der Waals surface area contributed by atoms with Crippen LogP contribution in [0.2, 0.25) is 5.02 Å². The van der Waals surface area contributed by atoms with Crippen LogP contribution in [0.25, 0.3) is 5.65 Å². The Hall–Kier alpha value is -1.06. The van der Waals surface area contributed by atoms with Crippen LogP contribution >= 0.6 is 11.6 Å². The van der Waals surface area contributed by atoms with Gasteiger partial charge in [0.15, 0.2) is 0 Å². The second-order valence-corrected chi connectivity index (χ2v) is 5.09. The lowest BCUT2D eigenvalue weighted by Crippen LogP contribution is -2.19. The largest absolute Gasteiger partial charge is 0.307 e. The van der Waals surface area contributed by atoms with Crippen molar-refractivity contribution in [2.75, 3.05) is 19.6 Å². The Labute approximate surface area is 106 Å². The monoisotopic (exact) mass is 249 g/mol. The van der Waals surface area contributed by atoms with Gasteiger partial charge in [-0.25, -0.2) is 4.98 Å². The van der Waals surface area contributed by atoms with E-state index >= 15 is 0 Å². The molecule has 17 heavy (non-hydrogen) atoms. The van der Waals surface area contributed by atoms with Crippen LogP contribution in [-0.2, 0) is 0 Å². The summed E-state index contributed by atoms with van der Waals surface area (Å²) in [6, 6.07) is 3.81. The number of hydrogen-bond donors (Lipinski definition) is 0. The summed E-state index contributed by atoms with van der Waals surface area (Å²) in [4.78, 5) is 7.15. The smallest absolute Gasteiger partial charge is 0.138 e. The zero-order chi connectivity index (χ0) is 11.8. The topological polar surface area (TPSA) is 20.5 Å². The molecule has 1 atom stereocenters. The van der Waals surface area contributed by atoms with Crippen molar-refractivity contribution in [3.05, 3.63) is 35.2 Å². The average molecular weight is 250 g/mol. The molecule has 1 unspecified atom stereocenters. The summed E-state index contributed by atoms with van der Waals surface area (Å²) in [5.74, 6) is 0.577. The molecule has 3 rings (SSSR count). The summed E-state index contributed by atoms with van der Waals surface area (Å²) >= 11 is 5.97. The van der Waals surface area contributed by atoms with Crippen molar-refractivity contribution in [1.29, 1.82) is 0 Å². The SMILES string of the molecule is CCN1CCC(c2cn3ccc(Cl)cc3n2)C1. The van der Waals surface area contributed by atoms with Crippen molar-refractivity contribution >= 4 is 17.2 Å². The molecule has 2 aromatic rings. The number of nitrogens with zero attached hydrogens (tertiary/aromatic N) is 3. The maximum atomic E-state index is 5.97. The molecule has 1 saturated heterocycles. The third kappa shape index (κ3) is 2.05. The highest BCUT2D eigenvalue weighted by atomic mass is 35.5. The van der Waals surface area contributed by atoms with Crippen molar-refractivity contribution in [1.82, 2.24) is 14.3 Å². The van der Waals surface area contributed by atoms with Gasteiger partial charge in [0.05, 0.1) is 5.69 Å². The maximum Gasteiger partial charge on any atom is 0.138 e. The quantitative estimate of drug-likeness (QED) is 0.816. The summed E-state index contributed by atoms with van der Waals surface area (Å²) in [6.45, 7) is 5.67. The molecule has 90 valence electrons. The molecule has 2 aromatic heterocycles. The van der Waals surface area contributed by atoms with Gasteiger partial charge in [0.25, 0.3) is 0 Å². The van der Waals surface area contributed by atoms with E-state index in [4.69, 9.17) is 11.6 Å². The minimum Gasteiger partial charge on any atom is -0.307 e. The molecular weight excluding hydrogens is 234 g/mol. The number of hydrogen-bond acceptors (Lipinski definition) is 2. The summed E-state index contributed by atoms with van der Waals surface area (Å²) in [7, 11) is 0. The lowest BCUT2D eigenvalue weighted by Gasteiger charge is -2.11. The summed E-state index contributed by atoms with van der Waals surface area (Å²) in [5.41, 5.74) is 2.14. The van der Waals surface area contributed by atoms with Crippen molar-refractivity contribution in [3.63, 3.8) is 0 Å². The zero-order valence-corrected chi connectivity index (χ0v) is 10.7. The Morgan fingerprint density at radius 2 is 2.41 bits per heavy atom. The molecule has 0 radical (unpaired) electrons. The van der Waals surface area contributed by atoms with E-state index in [9.17, 15) is 0 Å². The van der Waals surface area contributed by atoms with Gasteiger partial charge in [0.2, 0.25) is 0 Å². The van der Waals surface area contributed by atoms with E-state index < -0.39 is 0 Å². The molecule has 1 aliphatic rings. The highest BCUT2D eigenvalue weighted by Crippen LogP contribution is 2.26. The first kappa shape index (κ1) is 11.1. The van der Waals surface area contributed by atoms with Crippen molar-refractivity contribution in [3.8, 4) is 0 Å². The molecule has 4 heteroatoms. The lowest BCUT2D eigenvalue weighted by molar-refractivity contribution is 0.353. The molecule has 0 N–H and O–H groups in total. The van der Waals surface area contributed by atoms with Crippen LogP contribution in [0.4, 0.5) is 0 Å². The van der Waals surface area contributed by atoms with Gasteiger partial charge < -0.3 is 9.30 Å². The normalized spacial score (nSPS) is 21.4. The minimum atomic E-state index is 0.577. The Morgan fingerprint density at radius 3 is 3.18 bits per heavy atom. The van der Waals surface area contributed by atoms with E-state index in [1.165, 1.54) is 18.7 Å². The predicted molar refractivity (Wildman–Crippen MR) is 69.7 cm³/mol. The summed E-state index contributed by atoms with van der Waals surface area (Å²) < 4.78 is 2.05. The van der Waals surface area contributed by atoms with E-state index in [2.05, 4.69) is 27.4 Å². The number of pyridine rings is 1. The van der Waals surface area contributed by atoms with Crippen LogP contribution < -0.4 is 0 Å². The van der Waals surface area contributed by atoms with Gasteiger partial charge in [-0.2, -0.15) is 0 Å². The number of imidazole rings is 1. The Bertz CT molecular complexity index is 534. The van der Waals surface area contributed by atoms with Crippen LogP contribution in [-0.4, -0.2) is 33.9 Å². The molecule has 0 aromatic carbocycles. The fourth-order valence-corrected chi connectivity index (χ4v) is 2.69. The first-order chi connectivity index (χ1) is 8.26. The first-order valence-corrected chi connectivity index (χ1v) is 6.50. The number of halogens is 1. The standard InChI is InChI=1S/C13H16ClN3/c1-2-16-5-3-10(8-16)12-9-17-6-4-11(14)7-13(17)15-12/h4,6-7,9-10H,2-3,5,8H2,1H3. The van der Waals surface area contributed by atoms with Crippen LogP contribution in [0.5, 0.6) is 0 Å². The Kier molecular flexibility index (Phi) is 2.81. The molecule has 3 nitrogen and oxygen atoms in total. The molecule has 0 aliphatic carbocycles. The third-order valence-electron chi connectivity index (χ3n) is 3.58. The van der Waals surface area contributed by atoms with Gasteiger partial charge in [0, 0.05) is 29.9 Å². The van der Waals surface area contributed by atoms with Crippen molar-refractivity contribution in [2.24, 2.45) is 0 Å². The van der Waals surface area contributed by atoms with Gasteiger partial charge in [-0.1, -0.05) is 18.5 Å². The molecule has 0 amide bonds. The second-order valence-electron chi connectivity index (χ2n) is 4.66. The number of rotatable bonds is 2. The number of likely N-dealkylation sites (tertiary alicyclic amines) is 1.